The van der Waals surface area contributed by atoms with Gasteiger partial charge in [0.2, 0.25) is 0 Å². The van der Waals surface area contributed by atoms with E-state index in [1.54, 1.807) is 17.6 Å². The number of fused-ring (bicyclic) bond motifs is 1. The van der Waals surface area contributed by atoms with Gasteiger partial charge in [0.1, 0.15) is 12.7 Å². The number of rotatable bonds is 7. The zero-order valence-electron chi connectivity index (χ0n) is 14.0. The van der Waals surface area contributed by atoms with Gasteiger partial charge >= 0.3 is 6.09 Å². The Hall–Kier alpha value is -2.48. The third-order valence-electron chi connectivity index (χ3n) is 3.98. The molecule has 0 aliphatic heterocycles. The highest BCUT2D eigenvalue weighted by Crippen LogP contribution is 2.25. The summed E-state index contributed by atoms with van der Waals surface area (Å²) < 4.78 is 6.12. The molecular weight excluding hydrogens is 352 g/mol. The lowest BCUT2D eigenvalue weighted by atomic mass is 10.0. The molecule has 136 valence electrons. The van der Waals surface area contributed by atoms with E-state index >= 15 is 0 Å². The van der Waals surface area contributed by atoms with Crippen LogP contribution in [0, 0.1) is 0 Å². The van der Waals surface area contributed by atoms with E-state index in [0.717, 1.165) is 15.8 Å². The van der Waals surface area contributed by atoms with Gasteiger partial charge in [-0.05, 0) is 29.7 Å². The van der Waals surface area contributed by atoms with Crippen molar-refractivity contribution < 1.29 is 19.7 Å². The summed E-state index contributed by atoms with van der Waals surface area (Å²) in [5.74, 6) is 0. The maximum atomic E-state index is 11.7. The molecule has 0 spiro atoms. The van der Waals surface area contributed by atoms with Crippen molar-refractivity contribution in [3.8, 4) is 0 Å². The normalized spacial score (nSPS) is 13.3. The van der Waals surface area contributed by atoms with Gasteiger partial charge in [-0.2, -0.15) is 0 Å². The minimum Gasteiger partial charge on any atom is -0.445 e. The molecule has 26 heavy (non-hydrogen) atoms. The smallest absolute Gasteiger partial charge is 0.407 e. The Labute approximate surface area is 155 Å². The number of aliphatic hydroxyl groups excluding tert-OH is 2. The van der Waals surface area contributed by atoms with Crippen LogP contribution in [0.3, 0.4) is 0 Å². The van der Waals surface area contributed by atoms with Gasteiger partial charge in [0, 0.05) is 6.54 Å². The molecule has 3 N–H and O–H groups in total. The van der Waals surface area contributed by atoms with Crippen molar-refractivity contribution in [2.75, 3.05) is 6.54 Å². The van der Waals surface area contributed by atoms with Gasteiger partial charge in [-0.1, -0.05) is 36.4 Å². The lowest BCUT2D eigenvalue weighted by Crippen LogP contribution is -2.29. The molecule has 1 heterocycles. The summed E-state index contributed by atoms with van der Waals surface area (Å²) in [6, 6.07) is 14.8. The largest absolute Gasteiger partial charge is 0.445 e. The summed E-state index contributed by atoms with van der Waals surface area (Å²) in [5.41, 5.74) is 4.03. The zero-order valence-corrected chi connectivity index (χ0v) is 14.9. The van der Waals surface area contributed by atoms with E-state index in [2.05, 4.69) is 10.3 Å². The molecule has 0 aliphatic rings. The van der Waals surface area contributed by atoms with Crippen molar-refractivity contribution in [2.24, 2.45) is 0 Å². The van der Waals surface area contributed by atoms with Crippen LogP contribution in [-0.4, -0.2) is 33.9 Å². The molecule has 2 atom stereocenters. The first kappa shape index (κ1) is 18.3. The Kier molecular flexibility index (Phi) is 6.17. The van der Waals surface area contributed by atoms with Crippen LogP contribution in [0.25, 0.3) is 10.2 Å². The number of nitrogens with one attached hydrogen (secondary N) is 1. The monoisotopic (exact) mass is 372 g/mol. The second-order valence-electron chi connectivity index (χ2n) is 5.87. The van der Waals surface area contributed by atoms with Gasteiger partial charge in [0.05, 0.1) is 21.8 Å². The first-order valence-corrected chi connectivity index (χ1v) is 9.15. The molecule has 1 aromatic heterocycles. The Morgan fingerprint density at radius 2 is 2.00 bits per heavy atom. The number of thiazole rings is 1. The van der Waals surface area contributed by atoms with Crippen molar-refractivity contribution >= 4 is 27.6 Å². The number of hydrogen-bond acceptors (Lipinski definition) is 6. The van der Waals surface area contributed by atoms with Gasteiger partial charge in [-0.25, -0.2) is 9.78 Å². The maximum absolute atomic E-state index is 11.7. The number of ether oxygens (including phenoxy) is 1. The predicted molar refractivity (Wildman–Crippen MR) is 99.8 cm³/mol. The van der Waals surface area contributed by atoms with Crippen LogP contribution in [0.15, 0.2) is 54.0 Å². The van der Waals surface area contributed by atoms with E-state index in [-0.39, 0.29) is 19.6 Å². The molecule has 3 aromatic rings. The number of nitrogens with zero attached hydrogens (tertiary/aromatic N) is 1. The summed E-state index contributed by atoms with van der Waals surface area (Å²) in [7, 11) is 0. The highest BCUT2D eigenvalue weighted by Gasteiger charge is 2.19. The summed E-state index contributed by atoms with van der Waals surface area (Å²) in [6.07, 6.45) is -2.39. The number of carbonyl (C=O) groups excluding carboxylic acids is 1. The number of aliphatic hydroxyl groups is 2. The first-order chi connectivity index (χ1) is 12.6. The van der Waals surface area contributed by atoms with Crippen molar-refractivity contribution in [1.82, 2.24) is 10.3 Å². The molecule has 3 rings (SSSR count). The minimum absolute atomic E-state index is 0.186. The molecule has 0 radical (unpaired) electrons. The Morgan fingerprint density at radius 3 is 2.81 bits per heavy atom. The fourth-order valence-corrected chi connectivity index (χ4v) is 3.19. The second-order valence-corrected chi connectivity index (χ2v) is 6.76. The SMILES string of the molecule is O=C(NCCC(O)C(O)c1ccc2scnc2c1)OCc1ccccc1. The third-order valence-corrected chi connectivity index (χ3v) is 4.79. The lowest BCUT2D eigenvalue weighted by molar-refractivity contribution is 0.0137. The Bertz CT molecular complexity index is 853. The topological polar surface area (TPSA) is 91.7 Å². The third kappa shape index (κ3) is 4.78. The second kappa shape index (κ2) is 8.75. The molecule has 0 aliphatic carbocycles. The number of benzene rings is 2. The van der Waals surface area contributed by atoms with Crippen LogP contribution in [0.5, 0.6) is 0 Å². The maximum Gasteiger partial charge on any atom is 0.407 e. The number of hydrogen-bond donors (Lipinski definition) is 3. The van der Waals surface area contributed by atoms with E-state index < -0.39 is 18.3 Å². The van der Waals surface area contributed by atoms with E-state index in [9.17, 15) is 15.0 Å². The van der Waals surface area contributed by atoms with E-state index in [0.29, 0.717) is 5.56 Å². The van der Waals surface area contributed by atoms with Crippen LogP contribution in [0.4, 0.5) is 4.79 Å². The van der Waals surface area contributed by atoms with Gasteiger partial charge in [-0.3, -0.25) is 0 Å². The quantitative estimate of drug-likeness (QED) is 0.593. The van der Waals surface area contributed by atoms with Gasteiger partial charge in [0.15, 0.2) is 0 Å². The average Bonchev–Trinajstić information content (AvgIpc) is 3.14. The molecule has 0 bridgehead atoms. The van der Waals surface area contributed by atoms with Crippen LogP contribution in [-0.2, 0) is 11.3 Å². The van der Waals surface area contributed by atoms with Gasteiger partial charge in [-0.15, -0.1) is 11.3 Å². The number of aromatic nitrogens is 1. The average molecular weight is 372 g/mol. The first-order valence-electron chi connectivity index (χ1n) is 8.27. The number of amides is 1. The summed E-state index contributed by atoms with van der Waals surface area (Å²) in [4.78, 5) is 15.9. The van der Waals surface area contributed by atoms with Crippen LogP contribution >= 0.6 is 11.3 Å². The van der Waals surface area contributed by atoms with Gasteiger partial charge in [0.25, 0.3) is 0 Å². The summed E-state index contributed by atoms with van der Waals surface area (Å²) in [5, 5.41) is 23.0. The van der Waals surface area contributed by atoms with Crippen LogP contribution < -0.4 is 5.32 Å². The summed E-state index contributed by atoms with van der Waals surface area (Å²) in [6.45, 7) is 0.385. The van der Waals surface area contributed by atoms with E-state index in [1.807, 2.05) is 36.4 Å². The lowest BCUT2D eigenvalue weighted by Gasteiger charge is -2.18. The van der Waals surface area contributed by atoms with Crippen molar-refractivity contribution in [1.29, 1.82) is 0 Å². The fourth-order valence-electron chi connectivity index (χ4n) is 2.54. The molecule has 1 amide bonds. The highest BCUT2D eigenvalue weighted by atomic mass is 32.1. The van der Waals surface area contributed by atoms with Gasteiger partial charge < -0.3 is 20.3 Å². The molecule has 0 saturated carbocycles. The molecule has 2 aromatic carbocycles. The van der Waals surface area contributed by atoms with Crippen molar-refractivity contribution in [3.05, 3.63) is 65.2 Å². The highest BCUT2D eigenvalue weighted by molar-refractivity contribution is 7.16. The predicted octanol–water partition coefficient (Wildman–Crippen LogP) is 3.01. The van der Waals surface area contributed by atoms with Crippen LogP contribution in [0.2, 0.25) is 0 Å². The molecule has 7 heteroatoms. The Balaban J connectivity index is 1.42. The van der Waals surface area contributed by atoms with Crippen molar-refractivity contribution in [3.63, 3.8) is 0 Å². The van der Waals surface area contributed by atoms with E-state index in [1.165, 1.54) is 11.3 Å². The summed E-state index contributed by atoms with van der Waals surface area (Å²) >= 11 is 1.52. The Morgan fingerprint density at radius 1 is 1.19 bits per heavy atom. The molecule has 0 saturated heterocycles. The van der Waals surface area contributed by atoms with E-state index in [4.69, 9.17) is 4.74 Å². The number of alkyl carbamates (subject to hydrolysis) is 1. The number of carbonyl (C=O) groups is 1. The molecular formula is C19H20N2O4S. The molecule has 0 fully saturated rings. The fraction of sp³-hybridized carbons (Fsp3) is 0.263. The molecule has 2 unspecified atom stereocenters. The minimum atomic E-state index is -1.04. The zero-order chi connectivity index (χ0) is 18.4. The standard InChI is InChI=1S/C19H20N2O4S/c22-16(18(23)14-6-7-17-15(10-14)21-12-26-17)8-9-20-19(24)25-11-13-4-2-1-3-5-13/h1-7,10,12,16,18,22-23H,8-9,11H2,(H,20,24). The molecule has 6 nitrogen and oxygen atoms in total. The van der Waals surface area contributed by atoms with Crippen LogP contribution in [0.1, 0.15) is 23.7 Å². The van der Waals surface area contributed by atoms with Crippen molar-refractivity contribution in [2.45, 2.75) is 25.2 Å².